The highest BCUT2D eigenvalue weighted by Gasteiger charge is 2.33. The summed E-state index contributed by atoms with van der Waals surface area (Å²) in [7, 11) is 0. The maximum atomic E-state index is 9.20. The fourth-order valence-electron chi connectivity index (χ4n) is 1.89. The van der Waals surface area contributed by atoms with Gasteiger partial charge in [0, 0.05) is 17.0 Å². The number of fused-ring (bicyclic) bond motifs is 1. The number of rotatable bonds is 1. The monoisotopic (exact) mass is 228 g/mol. The Morgan fingerprint density at radius 1 is 1.40 bits per heavy atom. The van der Waals surface area contributed by atoms with Crippen molar-refractivity contribution in [2.45, 2.75) is 32.2 Å². The van der Waals surface area contributed by atoms with E-state index < -0.39 is 6.29 Å². The number of benzene rings is 1. The van der Waals surface area contributed by atoms with Gasteiger partial charge >= 0.3 is 0 Å². The molecule has 15 heavy (non-hydrogen) atoms. The Hall–Kier alpha value is -0.770. The second-order valence-corrected chi connectivity index (χ2v) is 4.83. The number of ether oxygens (including phenoxy) is 1. The van der Waals surface area contributed by atoms with Crippen LogP contribution in [0.3, 0.4) is 0 Å². The Morgan fingerprint density at radius 3 is 2.67 bits per heavy atom. The molecule has 0 bridgehead atoms. The molecule has 2 rings (SSSR count). The van der Waals surface area contributed by atoms with Gasteiger partial charge in [-0.25, -0.2) is 0 Å². The fraction of sp³-hybridized carbons (Fsp3) is 0.455. The SMILES string of the molecule is CC1(C)Cc2cc(Cl)cc(C(O)O)c2O1. The molecule has 0 unspecified atom stereocenters. The Bertz CT molecular complexity index is 399. The molecule has 3 nitrogen and oxygen atoms in total. The Labute approximate surface area is 93.3 Å². The quantitative estimate of drug-likeness (QED) is 0.724. The van der Waals surface area contributed by atoms with Gasteiger partial charge in [0.05, 0.1) is 5.56 Å². The Balaban J connectivity index is 2.53. The zero-order chi connectivity index (χ0) is 11.2. The summed E-state index contributed by atoms with van der Waals surface area (Å²) in [6.07, 6.45) is -0.825. The second-order valence-electron chi connectivity index (χ2n) is 4.40. The van der Waals surface area contributed by atoms with Crippen molar-refractivity contribution in [1.29, 1.82) is 0 Å². The maximum absolute atomic E-state index is 9.20. The zero-order valence-electron chi connectivity index (χ0n) is 8.62. The van der Waals surface area contributed by atoms with E-state index in [2.05, 4.69) is 0 Å². The van der Waals surface area contributed by atoms with Gasteiger partial charge in [0.15, 0.2) is 6.29 Å². The van der Waals surface area contributed by atoms with Crippen molar-refractivity contribution in [3.63, 3.8) is 0 Å². The van der Waals surface area contributed by atoms with E-state index in [9.17, 15) is 10.2 Å². The Morgan fingerprint density at radius 2 is 2.07 bits per heavy atom. The molecule has 0 radical (unpaired) electrons. The predicted octanol–water partition coefficient (Wildman–Crippen LogP) is 2.04. The average molecular weight is 229 g/mol. The van der Waals surface area contributed by atoms with Gasteiger partial charge in [0.25, 0.3) is 0 Å². The van der Waals surface area contributed by atoms with E-state index >= 15 is 0 Å². The minimum Gasteiger partial charge on any atom is -0.487 e. The van der Waals surface area contributed by atoms with E-state index in [4.69, 9.17) is 16.3 Å². The molecule has 1 heterocycles. The van der Waals surface area contributed by atoms with Crippen molar-refractivity contribution in [2.75, 3.05) is 0 Å². The lowest BCUT2D eigenvalue weighted by molar-refractivity contribution is -0.0450. The van der Waals surface area contributed by atoms with Crippen LogP contribution < -0.4 is 4.74 Å². The van der Waals surface area contributed by atoms with Crippen LogP contribution in [0.2, 0.25) is 5.02 Å². The number of halogens is 1. The number of aliphatic hydroxyl groups is 2. The average Bonchev–Trinajstić information content (AvgIpc) is 2.36. The lowest BCUT2D eigenvalue weighted by atomic mass is 10.0. The number of hydrogen-bond acceptors (Lipinski definition) is 3. The number of hydrogen-bond donors (Lipinski definition) is 2. The van der Waals surface area contributed by atoms with Crippen molar-refractivity contribution in [3.05, 3.63) is 28.3 Å². The van der Waals surface area contributed by atoms with E-state index in [0.29, 0.717) is 16.3 Å². The summed E-state index contributed by atoms with van der Waals surface area (Å²) >= 11 is 5.89. The van der Waals surface area contributed by atoms with Crippen molar-refractivity contribution in [2.24, 2.45) is 0 Å². The summed E-state index contributed by atoms with van der Waals surface area (Å²) in [6.45, 7) is 3.91. The summed E-state index contributed by atoms with van der Waals surface area (Å²) in [5.74, 6) is 0.555. The third-order valence-electron chi connectivity index (χ3n) is 2.43. The maximum Gasteiger partial charge on any atom is 0.182 e. The molecular formula is C11H13ClO3. The van der Waals surface area contributed by atoms with Gasteiger partial charge in [-0.1, -0.05) is 11.6 Å². The minimum absolute atomic E-state index is 0.309. The van der Waals surface area contributed by atoms with Crippen molar-refractivity contribution in [3.8, 4) is 5.75 Å². The first-order valence-corrected chi connectivity index (χ1v) is 5.14. The van der Waals surface area contributed by atoms with E-state index in [-0.39, 0.29) is 5.60 Å². The van der Waals surface area contributed by atoms with Crippen molar-refractivity contribution in [1.82, 2.24) is 0 Å². The van der Waals surface area contributed by atoms with Crippen LogP contribution in [0.5, 0.6) is 5.75 Å². The van der Waals surface area contributed by atoms with Crippen LogP contribution in [0, 0.1) is 0 Å². The van der Waals surface area contributed by atoms with Gasteiger partial charge in [0.2, 0.25) is 0 Å². The molecule has 1 aromatic carbocycles. The Kier molecular flexibility index (Phi) is 2.41. The van der Waals surface area contributed by atoms with E-state index in [1.807, 2.05) is 13.8 Å². The number of aliphatic hydroxyl groups excluding tert-OH is 1. The van der Waals surface area contributed by atoms with Crippen LogP contribution in [0.4, 0.5) is 0 Å². The topological polar surface area (TPSA) is 49.7 Å². The van der Waals surface area contributed by atoms with Gasteiger partial charge in [-0.15, -0.1) is 0 Å². The molecule has 0 aliphatic carbocycles. The van der Waals surface area contributed by atoms with Crippen LogP contribution in [0.1, 0.15) is 31.3 Å². The first-order valence-electron chi connectivity index (χ1n) is 4.76. The summed E-state index contributed by atoms with van der Waals surface area (Å²) in [5, 5.41) is 18.9. The standard InChI is InChI=1S/C11H13ClO3/c1-11(2)5-6-3-7(12)4-8(10(13)14)9(6)15-11/h3-4,10,13-14H,5H2,1-2H3. The van der Waals surface area contributed by atoms with Crippen LogP contribution in [-0.4, -0.2) is 15.8 Å². The highest BCUT2D eigenvalue weighted by molar-refractivity contribution is 6.30. The summed E-state index contributed by atoms with van der Waals surface area (Å²) in [6, 6.07) is 3.32. The first-order chi connectivity index (χ1) is 6.89. The minimum atomic E-state index is -1.55. The third kappa shape index (κ3) is 1.95. The predicted molar refractivity (Wildman–Crippen MR) is 57.0 cm³/mol. The van der Waals surface area contributed by atoms with Gasteiger partial charge in [0.1, 0.15) is 11.4 Å². The molecule has 1 aromatic rings. The van der Waals surface area contributed by atoms with E-state index in [1.54, 1.807) is 6.07 Å². The van der Waals surface area contributed by atoms with Gasteiger partial charge in [-0.05, 0) is 26.0 Å². The van der Waals surface area contributed by atoms with Gasteiger partial charge in [-0.2, -0.15) is 0 Å². The normalized spacial score (nSPS) is 17.7. The molecule has 4 heteroatoms. The zero-order valence-corrected chi connectivity index (χ0v) is 9.38. The highest BCUT2D eigenvalue weighted by atomic mass is 35.5. The highest BCUT2D eigenvalue weighted by Crippen LogP contribution is 2.41. The molecule has 1 aliphatic heterocycles. The largest absolute Gasteiger partial charge is 0.487 e. The molecule has 0 saturated carbocycles. The molecule has 0 amide bonds. The molecular weight excluding hydrogens is 216 g/mol. The van der Waals surface area contributed by atoms with Crippen LogP contribution >= 0.6 is 11.6 Å². The smallest absolute Gasteiger partial charge is 0.182 e. The summed E-state index contributed by atoms with van der Waals surface area (Å²) < 4.78 is 5.66. The van der Waals surface area contributed by atoms with Crippen LogP contribution in [-0.2, 0) is 6.42 Å². The van der Waals surface area contributed by atoms with E-state index in [0.717, 1.165) is 12.0 Å². The second kappa shape index (κ2) is 3.37. The molecule has 0 spiro atoms. The summed E-state index contributed by atoms with van der Waals surface area (Å²) in [4.78, 5) is 0. The molecule has 0 aromatic heterocycles. The third-order valence-corrected chi connectivity index (χ3v) is 2.65. The van der Waals surface area contributed by atoms with Crippen molar-refractivity contribution >= 4 is 11.6 Å². The van der Waals surface area contributed by atoms with Crippen LogP contribution in [0.25, 0.3) is 0 Å². The molecule has 2 N–H and O–H groups in total. The lowest BCUT2D eigenvalue weighted by Gasteiger charge is -2.18. The molecule has 0 fully saturated rings. The van der Waals surface area contributed by atoms with E-state index in [1.165, 1.54) is 6.07 Å². The van der Waals surface area contributed by atoms with Gasteiger partial charge < -0.3 is 14.9 Å². The molecule has 0 atom stereocenters. The van der Waals surface area contributed by atoms with Gasteiger partial charge in [-0.3, -0.25) is 0 Å². The van der Waals surface area contributed by atoms with Crippen LogP contribution in [0.15, 0.2) is 12.1 Å². The molecule has 0 saturated heterocycles. The first kappa shape index (κ1) is 10.7. The molecule has 82 valence electrons. The lowest BCUT2D eigenvalue weighted by Crippen LogP contribution is -2.25. The van der Waals surface area contributed by atoms with Crippen molar-refractivity contribution < 1.29 is 14.9 Å². The molecule has 1 aliphatic rings. The summed E-state index contributed by atoms with van der Waals surface area (Å²) in [5.41, 5.74) is 0.954. The fourth-order valence-corrected chi connectivity index (χ4v) is 2.14.